The van der Waals surface area contributed by atoms with E-state index < -0.39 is 10.1 Å². The van der Waals surface area contributed by atoms with Crippen LogP contribution in [0.3, 0.4) is 0 Å². The number of ether oxygens (including phenoxy) is 1. The molecule has 0 aliphatic carbocycles. The monoisotopic (exact) mass is 310 g/mol. The minimum atomic E-state index is -4.15. The Morgan fingerprint density at radius 1 is 1.16 bits per heavy atom. The smallest absolute Gasteiger partial charge is 0.378 e. The zero-order valence-corrected chi connectivity index (χ0v) is 14.5. The van der Waals surface area contributed by atoms with Gasteiger partial charge in [-0.15, -0.1) is 5.11 Å². The van der Waals surface area contributed by atoms with E-state index in [1.807, 2.05) is 0 Å². The molecule has 0 bridgehead atoms. The van der Waals surface area contributed by atoms with Crippen molar-refractivity contribution < 1.29 is 69.1 Å². The van der Waals surface area contributed by atoms with Crippen molar-refractivity contribution >= 4 is 15.8 Å². The van der Waals surface area contributed by atoms with E-state index in [9.17, 15) is 8.42 Å². The summed E-state index contributed by atoms with van der Waals surface area (Å²) >= 11 is 0. The maximum absolute atomic E-state index is 10.8. The summed E-state index contributed by atoms with van der Waals surface area (Å²) in [6, 6.07) is 5.52. The molecule has 0 aromatic heterocycles. The van der Waals surface area contributed by atoms with Crippen molar-refractivity contribution in [2.75, 3.05) is 26.3 Å². The van der Waals surface area contributed by atoms with Crippen LogP contribution in [0.25, 0.3) is 0 Å². The van der Waals surface area contributed by atoms with E-state index in [1.165, 1.54) is 24.3 Å². The predicted molar refractivity (Wildman–Crippen MR) is 63.2 cm³/mol. The van der Waals surface area contributed by atoms with Gasteiger partial charge in [-0.25, -0.2) is 0 Å². The molecule has 7 nitrogen and oxygen atoms in total. The van der Waals surface area contributed by atoms with E-state index in [0.29, 0.717) is 32.0 Å². The Hall–Kier alpha value is 0.126. The third-order valence-electron chi connectivity index (χ3n) is 2.41. The second-order valence-corrected chi connectivity index (χ2v) is 5.15. The fourth-order valence-electron chi connectivity index (χ4n) is 1.44. The summed E-state index contributed by atoms with van der Waals surface area (Å²) in [6.07, 6.45) is 0. The van der Waals surface area contributed by atoms with Gasteiger partial charge in [0.2, 0.25) is 0 Å². The maximum atomic E-state index is 10.8. The van der Waals surface area contributed by atoms with E-state index >= 15 is 0 Å². The van der Waals surface area contributed by atoms with E-state index in [-0.39, 0.29) is 56.3 Å². The standard InChI is InChI=1S/C10H13N3O4S.K/c14-18(15,16)10-3-1-9(2-4-10)11-12-13-5-7-17-8-6-13;/h1-4H,5-8H2,(H,14,15,16);/q;+1. The van der Waals surface area contributed by atoms with Gasteiger partial charge in [-0.05, 0) is 24.3 Å². The molecule has 1 heterocycles. The second kappa shape index (κ2) is 7.79. The largest absolute Gasteiger partial charge is 1.00 e. The van der Waals surface area contributed by atoms with E-state index in [0.717, 1.165) is 0 Å². The van der Waals surface area contributed by atoms with Crippen molar-refractivity contribution in [3.8, 4) is 0 Å². The first kappa shape index (κ1) is 17.2. The number of hydrogen-bond donors (Lipinski definition) is 1. The molecule has 0 atom stereocenters. The van der Waals surface area contributed by atoms with Crippen molar-refractivity contribution in [3.63, 3.8) is 0 Å². The van der Waals surface area contributed by atoms with Gasteiger partial charge < -0.3 is 4.74 Å². The van der Waals surface area contributed by atoms with Gasteiger partial charge >= 0.3 is 51.4 Å². The van der Waals surface area contributed by atoms with Crippen LogP contribution in [0.4, 0.5) is 5.69 Å². The molecule has 0 saturated carbocycles. The van der Waals surface area contributed by atoms with Gasteiger partial charge in [-0.3, -0.25) is 9.56 Å². The number of hydrogen-bond acceptors (Lipinski definition) is 5. The number of nitrogens with zero attached hydrogens (tertiary/aromatic N) is 3. The van der Waals surface area contributed by atoms with Gasteiger partial charge in [0.25, 0.3) is 10.1 Å². The Kier molecular flexibility index (Phi) is 7.04. The first-order valence-electron chi connectivity index (χ1n) is 5.37. The summed E-state index contributed by atoms with van der Waals surface area (Å²) in [4.78, 5) is -0.159. The topological polar surface area (TPSA) is 91.6 Å². The maximum Gasteiger partial charge on any atom is 1.00 e. The van der Waals surface area contributed by atoms with Crippen LogP contribution < -0.4 is 51.4 Å². The second-order valence-electron chi connectivity index (χ2n) is 3.72. The third-order valence-corrected chi connectivity index (χ3v) is 3.28. The quantitative estimate of drug-likeness (QED) is 0.407. The van der Waals surface area contributed by atoms with Crippen LogP contribution in [0.2, 0.25) is 0 Å². The van der Waals surface area contributed by atoms with Gasteiger partial charge in [-0.1, -0.05) is 5.22 Å². The fraction of sp³-hybridized carbons (Fsp3) is 0.400. The van der Waals surface area contributed by atoms with Crippen LogP contribution in [0.15, 0.2) is 39.5 Å². The third kappa shape index (κ3) is 5.56. The predicted octanol–water partition coefficient (Wildman–Crippen LogP) is -1.73. The Morgan fingerprint density at radius 3 is 2.26 bits per heavy atom. The molecular formula is C10H13KN3O4S+. The van der Waals surface area contributed by atoms with Crippen LogP contribution >= 0.6 is 0 Å². The summed E-state index contributed by atoms with van der Waals surface area (Å²) < 4.78 is 35.6. The molecule has 1 fully saturated rings. The molecule has 2 rings (SSSR count). The van der Waals surface area contributed by atoms with Gasteiger partial charge in [0.15, 0.2) is 0 Å². The van der Waals surface area contributed by atoms with Gasteiger partial charge in [0.05, 0.1) is 36.9 Å². The molecular weight excluding hydrogens is 297 g/mol. The van der Waals surface area contributed by atoms with E-state index in [4.69, 9.17) is 9.29 Å². The minimum Gasteiger partial charge on any atom is -0.378 e. The van der Waals surface area contributed by atoms with E-state index in [1.54, 1.807) is 5.01 Å². The van der Waals surface area contributed by atoms with Crippen molar-refractivity contribution in [2.24, 2.45) is 10.3 Å². The summed E-state index contributed by atoms with van der Waals surface area (Å²) in [6.45, 7) is 2.63. The molecule has 0 spiro atoms. The fourth-order valence-corrected chi connectivity index (χ4v) is 1.92. The Morgan fingerprint density at radius 2 is 1.74 bits per heavy atom. The average molecular weight is 310 g/mol. The zero-order valence-electron chi connectivity index (χ0n) is 10.6. The molecule has 1 aliphatic heterocycles. The molecule has 1 aromatic carbocycles. The average Bonchev–Trinajstić information content (AvgIpc) is 2.37. The van der Waals surface area contributed by atoms with Crippen LogP contribution in [0, 0.1) is 0 Å². The molecule has 19 heavy (non-hydrogen) atoms. The number of rotatable bonds is 3. The van der Waals surface area contributed by atoms with Crippen LogP contribution in [0.5, 0.6) is 0 Å². The molecule has 9 heteroatoms. The molecule has 1 saturated heterocycles. The molecule has 98 valence electrons. The summed E-state index contributed by atoms with van der Waals surface area (Å²) in [5, 5.41) is 9.76. The van der Waals surface area contributed by atoms with Crippen molar-refractivity contribution in [1.29, 1.82) is 0 Å². The number of morpholine rings is 1. The first-order chi connectivity index (χ1) is 8.55. The van der Waals surface area contributed by atoms with Crippen LogP contribution in [-0.2, 0) is 14.9 Å². The Balaban J connectivity index is 0.00000180. The van der Waals surface area contributed by atoms with Crippen molar-refractivity contribution in [1.82, 2.24) is 5.01 Å². The Bertz CT molecular complexity index is 526. The first-order valence-corrected chi connectivity index (χ1v) is 6.81. The van der Waals surface area contributed by atoms with Crippen LogP contribution in [-0.4, -0.2) is 44.3 Å². The summed E-state index contributed by atoms with van der Waals surface area (Å²) in [5.41, 5.74) is 0.522. The van der Waals surface area contributed by atoms with Gasteiger partial charge in [0, 0.05) is 0 Å². The number of benzene rings is 1. The Labute approximate surface area is 154 Å². The van der Waals surface area contributed by atoms with Crippen molar-refractivity contribution in [3.05, 3.63) is 24.3 Å². The molecule has 1 aromatic rings. The molecule has 0 amide bonds. The van der Waals surface area contributed by atoms with Crippen molar-refractivity contribution in [2.45, 2.75) is 4.90 Å². The summed E-state index contributed by atoms with van der Waals surface area (Å²) in [7, 11) is -4.15. The molecule has 1 N–H and O–H groups in total. The molecule has 0 radical (unpaired) electrons. The molecule has 1 aliphatic rings. The zero-order chi connectivity index (χ0) is 13.0. The molecule has 0 unspecified atom stereocenters. The van der Waals surface area contributed by atoms with Gasteiger partial charge in [0.1, 0.15) is 0 Å². The SMILES string of the molecule is O=S(=O)(O)c1ccc(N=NN2CCOCC2)cc1.[K+]. The van der Waals surface area contributed by atoms with Crippen LogP contribution in [0.1, 0.15) is 0 Å². The van der Waals surface area contributed by atoms with Gasteiger partial charge in [-0.2, -0.15) is 8.42 Å². The minimum absolute atomic E-state index is 0. The van der Waals surface area contributed by atoms with E-state index in [2.05, 4.69) is 10.3 Å². The normalized spacial score (nSPS) is 16.4. The summed E-state index contributed by atoms with van der Waals surface area (Å²) in [5.74, 6) is 0.